The molecule has 2 heterocycles. The first-order chi connectivity index (χ1) is 9.30. The van der Waals surface area contributed by atoms with Crippen LogP contribution in [-0.4, -0.2) is 16.7 Å². The van der Waals surface area contributed by atoms with E-state index in [0.717, 1.165) is 30.6 Å². The zero-order valence-electron chi connectivity index (χ0n) is 10.8. The topological polar surface area (TPSA) is 50.8 Å². The third kappa shape index (κ3) is 1.74. The molecule has 0 aliphatic carbocycles. The van der Waals surface area contributed by atoms with Crippen LogP contribution in [0.5, 0.6) is 0 Å². The fourth-order valence-corrected chi connectivity index (χ4v) is 2.89. The number of nitrogens with zero attached hydrogens (tertiary/aromatic N) is 3. The fourth-order valence-electron chi connectivity index (χ4n) is 2.89. The van der Waals surface area contributed by atoms with Gasteiger partial charge in [-0.2, -0.15) is 5.26 Å². The second-order valence-corrected chi connectivity index (χ2v) is 4.80. The van der Waals surface area contributed by atoms with Gasteiger partial charge in [-0.1, -0.05) is 12.1 Å². The van der Waals surface area contributed by atoms with Crippen molar-refractivity contribution in [2.75, 3.05) is 7.11 Å². The third-order valence-corrected chi connectivity index (χ3v) is 3.88. The number of aromatic nitrogens is 2. The van der Waals surface area contributed by atoms with Gasteiger partial charge in [0.15, 0.2) is 0 Å². The van der Waals surface area contributed by atoms with Gasteiger partial charge >= 0.3 is 0 Å². The molecule has 0 bridgehead atoms. The van der Waals surface area contributed by atoms with Crippen molar-refractivity contribution in [3.05, 3.63) is 53.6 Å². The number of hydrogen-bond acceptors (Lipinski definition) is 3. The first-order valence-corrected chi connectivity index (χ1v) is 6.36. The lowest BCUT2D eigenvalue weighted by atomic mass is 9.83. The largest absolute Gasteiger partial charge is 0.367 e. The molecule has 0 saturated carbocycles. The summed E-state index contributed by atoms with van der Waals surface area (Å²) in [5.74, 6) is 0. The highest BCUT2D eigenvalue weighted by Gasteiger charge is 2.39. The highest BCUT2D eigenvalue weighted by atomic mass is 16.5. The smallest absolute Gasteiger partial charge is 0.134 e. The third-order valence-electron chi connectivity index (χ3n) is 3.88. The number of imidazole rings is 1. The predicted octanol–water partition coefficient (Wildman–Crippen LogP) is 2.44. The molecule has 0 fully saturated rings. The number of nitriles is 1. The van der Waals surface area contributed by atoms with Crippen molar-refractivity contribution in [1.82, 2.24) is 9.55 Å². The minimum atomic E-state index is -0.442. The Balaban J connectivity index is 2.12. The van der Waals surface area contributed by atoms with Crippen LogP contribution >= 0.6 is 0 Å². The predicted molar refractivity (Wildman–Crippen MR) is 70.4 cm³/mol. The standard InChI is InChI=1S/C15H15N3O/c1-19-15(13-5-3-12(9-16)4-6-13)7-2-8-18-11-17-10-14(15)18/h3-6,10-11H,2,7-8H2,1H3. The Labute approximate surface area is 112 Å². The first-order valence-electron chi connectivity index (χ1n) is 6.36. The van der Waals surface area contributed by atoms with Crippen LogP contribution < -0.4 is 0 Å². The van der Waals surface area contributed by atoms with Crippen LogP contribution in [0.3, 0.4) is 0 Å². The van der Waals surface area contributed by atoms with Gasteiger partial charge in [-0.05, 0) is 30.5 Å². The molecule has 96 valence electrons. The van der Waals surface area contributed by atoms with Gasteiger partial charge in [0.2, 0.25) is 0 Å². The molecule has 4 nitrogen and oxygen atoms in total. The van der Waals surface area contributed by atoms with Gasteiger partial charge in [-0.3, -0.25) is 0 Å². The summed E-state index contributed by atoms with van der Waals surface area (Å²) in [6.07, 6.45) is 5.71. The van der Waals surface area contributed by atoms with E-state index in [9.17, 15) is 0 Å². The summed E-state index contributed by atoms with van der Waals surface area (Å²) >= 11 is 0. The summed E-state index contributed by atoms with van der Waals surface area (Å²) in [6.45, 7) is 0.983. The molecular weight excluding hydrogens is 238 g/mol. The van der Waals surface area contributed by atoms with Crippen LogP contribution in [0.15, 0.2) is 36.8 Å². The molecule has 0 N–H and O–H groups in total. The average Bonchev–Trinajstić information content (AvgIpc) is 2.96. The summed E-state index contributed by atoms with van der Waals surface area (Å²) in [6, 6.07) is 9.77. The molecule has 1 aromatic carbocycles. The van der Waals surface area contributed by atoms with Crippen LogP contribution in [0.4, 0.5) is 0 Å². The van der Waals surface area contributed by atoms with Crippen LogP contribution in [0.1, 0.15) is 29.7 Å². The van der Waals surface area contributed by atoms with Crippen LogP contribution in [-0.2, 0) is 16.9 Å². The Morgan fingerprint density at radius 3 is 2.84 bits per heavy atom. The summed E-state index contributed by atoms with van der Waals surface area (Å²) in [5, 5.41) is 8.89. The molecule has 1 aliphatic heterocycles. The van der Waals surface area contributed by atoms with E-state index in [2.05, 4.69) is 15.6 Å². The summed E-state index contributed by atoms with van der Waals surface area (Å²) in [4.78, 5) is 4.24. The van der Waals surface area contributed by atoms with E-state index in [-0.39, 0.29) is 0 Å². The molecule has 1 atom stereocenters. The maximum Gasteiger partial charge on any atom is 0.134 e. The molecular formula is C15H15N3O. The van der Waals surface area contributed by atoms with Crippen LogP contribution in [0, 0.1) is 11.3 Å². The van der Waals surface area contributed by atoms with Crippen molar-refractivity contribution in [2.24, 2.45) is 0 Å². The highest BCUT2D eigenvalue weighted by Crippen LogP contribution is 2.40. The van der Waals surface area contributed by atoms with Crippen molar-refractivity contribution in [3.63, 3.8) is 0 Å². The number of fused-ring (bicyclic) bond motifs is 1. The molecule has 1 unspecified atom stereocenters. The van der Waals surface area contributed by atoms with Gasteiger partial charge in [0, 0.05) is 13.7 Å². The zero-order valence-corrected chi connectivity index (χ0v) is 10.8. The molecule has 0 saturated heterocycles. The van der Waals surface area contributed by atoms with Gasteiger partial charge < -0.3 is 9.30 Å². The van der Waals surface area contributed by atoms with Gasteiger partial charge in [0.05, 0.1) is 29.9 Å². The van der Waals surface area contributed by atoms with Crippen LogP contribution in [0.2, 0.25) is 0 Å². The Hall–Kier alpha value is -2.12. The number of rotatable bonds is 2. The Bertz CT molecular complexity index is 624. The molecule has 19 heavy (non-hydrogen) atoms. The molecule has 1 aliphatic rings. The zero-order chi connectivity index (χ0) is 13.3. The SMILES string of the molecule is COC1(c2ccc(C#N)cc2)CCCn2cncc21. The fraction of sp³-hybridized carbons (Fsp3) is 0.333. The molecule has 0 spiro atoms. The minimum Gasteiger partial charge on any atom is -0.367 e. The van der Waals surface area contributed by atoms with E-state index >= 15 is 0 Å². The molecule has 2 aromatic rings. The maximum absolute atomic E-state index is 8.89. The Kier molecular flexibility index (Phi) is 2.84. The number of hydrogen-bond donors (Lipinski definition) is 0. The van der Waals surface area contributed by atoms with Gasteiger partial charge in [0.25, 0.3) is 0 Å². The Morgan fingerprint density at radius 2 is 2.16 bits per heavy atom. The second kappa shape index (κ2) is 4.52. The summed E-state index contributed by atoms with van der Waals surface area (Å²) in [7, 11) is 1.74. The van der Waals surface area contributed by atoms with Gasteiger partial charge in [-0.25, -0.2) is 4.98 Å². The normalized spacial score (nSPS) is 21.7. The lowest BCUT2D eigenvalue weighted by Gasteiger charge is -2.37. The van der Waals surface area contributed by atoms with E-state index in [1.54, 1.807) is 7.11 Å². The lowest BCUT2D eigenvalue weighted by molar-refractivity contribution is -0.00380. The van der Waals surface area contributed by atoms with Crippen molar-refractivity contribution in [3.8, 4) is 6.07 Å². The summed E-state index contributed by atoms with van der Waals surface area (Å²) in [5.41, 5.74) is 2.39. The maximum atomic E-state index is 8.89. The lowest BCUT2D eigenvalue weighted by Crippen LogP contribution is -2.36. The van der Waals surface area contributed by atoms with Crippen LogP contribution in [0.25, 0.3) is 0 Å². The van der Waals surface area contributed by atoms with E-state index in [0.29, 0.717) is 5.56 Å². The van der Waals surface area contributed by atoms with Crippen molar-refractivity contribution < 1.29 is 4.74 Å². The van der Waals surface area contributed by atoms with E-state index in [4.69, 9.17) is 10.00 Å². The summed E-state index contributed by atoms with van der Waals surface area (Å²) < 4.78 is 8.02. The number of benzene rings is 1. The second-order valence-electron chi connectivity index (χ2n) is 4.80. The number of aryl methyl sites for hydroxylation is 1. The Morgan fingerprint density at radius 1 is 1.37 bits per heavy atom. The monoisotopic (exact) mass is 253 g/mol. The molecule has 4 heteroatoms. The minimum absolute atomic E-state index is 0.442. The quantitative estimate of drug-likeness (QED) is 0.826. The number of methoxy groups -OCH3 is 1. The van der Waals surface area contributed by atoms with Gasteiger partial charge in [-0.15, -0.1) is 0 Å². The van der Waals surface area contributed by atoms with Crippen molar-refractivity contribution in [2.45, 2.75) is 25.0 Å². The van der Waals surface area contributed by atoms with Crippen molar-refractivity contribution in [1.29, 1.82) is 5.26 Å². The average molecular weight is 253 g/mol. The van der Waals surface area contributed by atoms with E-state index < -0.39 is 5.60 Å². The first kappa shape index (κ1) is 11.9. The van der Waals surface area contributed by atoms with Gasteiger partial charge in [0.1, 0.15) is 5.60 Å². The van der Waals surface area contributed by atoms with E-state index in [1.807, 2.05) is 36.8 Å². The molecule has 0 radical (unpaired) electrons. The highest BCUT2D eigenvalue weighted by molar-refractivity contribution is 5.38. The molecule has 3 rings (SSSR count). The molecule has 0 amide bonds. The molecule has 1 aromatic heterocycles. The van der Waals surface area contributed by atoms with E-state index in [1.165, 1.54) is 0 Å². The van der Waals surface area contributed by atoms with Crippen molar-refractivity contribution >= 4 is 0 Å². The number of ether oxygens (including phenoxy) is 1.